The summed E-state index contributed by atoms with van der Waals surface area (Å²) in [4.78, 5) is 27.1. The van der Waals surface area contributed by atoms with Crippen LogP contribution in [0.25, 0.3) is 5.69 Å². The van der Waals surface area contributed by atoms with Crippen LogP contribution in [0.1, 0.15) is 32.9 Å². The number of likely N-dealkylation sites (N-methyl/N-ethyl adjacent to an activating group) is 1. The van der Waals surface area contributed by atoms with E-state index in [0.717, 1.165) is 17.7 Å². The van der Waals surface area contributed by atoms with Crippen LogP contribution in [0.2, 0.25) is 0 Å². The number of hydrogen-bond acceptors (Lipinski definition) is 4. The van der Waals surface area contributed by atoms with Gasteiger partial charge in [-0.15, -0.1) is 0 Å². The zero-order valence-electron chi connectivity index (χ0n) is 18.0. The summed E-state index contributed by atoms with van der Waals surface area (Å²) < 4.78 is 45.8. The molecule has 0 radical (unpaired) electrons. The van der Waals surface area contributed by atoms with E-state index in [1.165, 1.54) is 42.8 Å². The van der Waals surface area contributed by atoms with Crippen molar-refractivity contribution in [1.29, 1.82) is 0 Å². The molecule has 2 aromatic carbocycles. The maximum Gasteiger partial charge on any atom is 0.416 e. The van der Waals surface area contributed by atoms with Crippen LogP contribution in [0, 0.1) is 13.8 Å². The van der Waals surface area contributed by atoms with Crippen molar-refractivity contribution in [3.8, 4) is 11.4 Å². The van der Waals surface area contributed by atoms with Crippen molar-refractivity contribution < 1.29 is 27.5 Å². The highest BCUT2D eigenvalue weighted by Crippen LogP contribution is 2.31. The SMILES string of the molecule is COc1ccccc1CN(C)C(=O)C(=O)c1c(C)nn(-c2cccc(C(F)(F)F)c2)c1C. The Balaban J connectivity index is 1.89. The van der Waals surface area contributed by atoms with Crippen LogP contribution in [-0.4, -0.2) is 40.5 Å². The van der Waals surface area contributed by atoms with E-state index in [2.05, 4.69) is 5.10 Å². The van der Waals surface area contributed by atoms with Gasteiger partial charge in [-0.2, -0.15) is 18.3 Å². The number of nitrogens with zero attached hydrogens (tertiary/aromatic N) is 3. The summed E-state index contributed by atoms with van der Waals surface area (Å²) in [6.07, 6.45) is -4.51. The summed E-state index contributed by atoms with van der Waals surface area (Å²) in [6, 6.07) is 11.8. The molecule has 1 aromatic heterocycles. The maximum absolute atomic E-state index is 13.1. The number of amides is 1. The fourth-order valence-corrected chi connectivity index (χ4v) is 3.48. The number of aryl methyl sites for hydroxylation is 1. The molecule has 1 amide bonds. The van der Waals surface area contributed by atoms with E-state index in [1.54, 1.807) is 31.2 Å². The van der Waals surface area contributed by atoms with E-state index >= 15 is 0 Å². The number of methoxy groups -OCH3 is 1. The monoisotopic (exact) mass is 445 g/mol. The summed E-state index contributed by atoms with van der Waals surface area (Å²) in [6.45, 7) is 3.23. The smallest absolute Gasteiger partial charge is 0.416 e. The predicted molar refractivity (Wildman–Crippen MR) is 112 cm³/mol. The second-order valence-corrected chi connectivity index (χ2v) is 7.31. The van der Waals surface area contributed by atoms with E-state index < -0.39 is 23.4 Å². The molecular formula is C23H22F3N3O3. The Morgan fingerprint density at radius 1 is 1.09 bits per heavy atom. The molecule has 3 aromatic rings. The Morgan fingerprint density at radius 2 is 1.78 bits per heavy atom. The van der Waals surface area contributed by atoms with Gasteiger partial charge in [0.1, 0.15) is 5.75 Å². The largest absolute Gasteiger partial charge is 0.496 e. The van der Waals surface area contributed by atoms with E-state index in [-0.39, 0.29) is 29.2 Å². The molecule has 168 valence electrons. The van der Waals surface area contributed by atoms with Gasteiger partial charge in [0.15, 0.2) is 0 Å². The minimum atomic E-state index is -4.51. The van der Waals surface area contributed by atoms with Crippen LogP contribution in [-0.2, 0) is 17.5 Å². The van der Waals surface area contributed by atoms with E-state index in [4.69, 9.17) is 4.74 Å². The third kappa shape index (κ3) is 4.51. The van der Waals surface area contributed by atoms with Crippen molar-refractivity contribution in [3.63, 3.8) is 0 Å². The quantitative estimate of drug-likeness (QED) is 0.418. The molecule has 9 heteroatoms. The van der Waals surface area contributed by atoms with Gasteiger partial charge in [-0.3, -0.25) is 9.59 Å². The number of para-hydroxylation sites is 1. The van der Waals surface area contributed by atoms with Crippen LogP contribution in [0.15, 0.2) is 48.5 Å². The van der Waals surface area contributed by atoms with Crippen LogP contribution >= 0.6 is 0 Å². The first-order valence-electron chi connectivity index (χ1n) is 9.70. The van der Waals surface area contributed by atoms with Crippen molar-refractivity contribution in [2.45, 2.75) is 26.6 Å². The van der Waals surface area contributed by atoms with Gasteiger partial charge in [-0.25, -0.2) is 4.68 Å². The molecule has 0 saturated heterocycles. The zero-order chi connectivity index (χ0) is 23.6. The van der Waals surface area contributed by atoms with E-state index in [1.807, 2.05) is 0 Å². The van der Waals surface area contributed by atoms with Gasteiger partial charge >= 0.3 is 6.18 Å². The molecule has 0 unspecified atom stereocenters. The number of ketones is 1. The molecule has 32 heavy (non-hydrogen) atoms. The Hall–Kier alpha value is -3.62. The lowest BCUT2D eigenvalue weighted by atomic mass is 10.1. The van der Waals surface area contributed by atoms with Crippen molar-refractivity contribution in [2.75, 3.05) is 14.2 Å². The first kappa shape index (κ1) is 23.1. The third-order valence-electron chi connectivity index (χ3n) is 5.08. The van der Waals surface area contributed by atoms with Gasteiger partial charge in [0.2, 0.25) is 0 Å². The number of alkyl halides is 3. The molecule has 0 aliphatic heterocycles. The number of rotatable bonds is 6. The lowest BCUT2D eigenvalue weighted by Crippen LogP contribution is -2.33. The number of hydrogen-bond donors (Lipinski definition) is 0. The molecule has 0 N–H and O–H groups in total. The van der Waals surface area contributed by atoms with E-state index in [0.29, 0.717) is 5.75 Å². The molecular weight excluding hydrogens is 423 g/mol. The summed E-state index contributed by atoms with van der Waals surface area (Å²) in [5, 5.41) is 4.22. The number of halogens is 3. The highest BCUT2D eigenvalue weighted by molar-refractivity contribution is 6.43. The van der Waals surface area contributed by atoms with Gasteiger partial charge in [-0.1, -0.05) is 24.3 Å². The number of benzene rings is 2. The summed E-state index contributed by atoms with van der Waals surface area (Å²) >= 11 is 0. The molecule has 0 aliphatic rings. The molecule has 0 atom stereocenters. The molecule has 0 saturated carbocycles. The lowest BCUT2D eigenvalue weighted by Gasteiger charge is -2.18. The number of carbonyl (C=O) groups excluding carboxylic acids is 2. The Kier molecular flexibility index (Phi) is 6.38. The molecule has 0 aliphatic carbocycles. The average molecular weight is 445 g/mol. The summed E-state index contributed by atoms with van der Waals surface area (Å²) in [5.41, 5.74) is 0.651. The van der Waals surface area contributed by atoms with Crippen molar-refractivity contribution in [1.82, 2.24) is 14.7 Å². The molecule has 6 nitrogen and oxygen atoms in total. The standard InChI is InChI=1S/C23H22F3N3O3/c1-14-20(15(2)29(27-14)18-10-7-9-17(12-18)23(24,25)26)21(30)22(31)28(3)13-16-8-5-6-11-19(16)32-4/h5-12H,13H2,1-4H3. The van der Waals surface area contributed by atoms with Crippen LogP contribution in [0.5, 0.6) is 5.75 Å². The Morgan fingerprint density at radius 3 is 2.44 bits per heavy atom. The van der Waals surface area contributed by atoms with Crippen molar-refractivity contribution >= 4 is 11.7 Å². The Bertz CT molecular complexity index is 1170. The first-order valence-corrected chi connectivity index (χ1v) is 9.70. The minimum Gasteiger partial charge on any atom is -0.496 e. The van der Waals surface area contributed by atoms with E-state index in [9.17, 15) is 22.8 Å². The van der Waals surface area contributed by atoms with Gasteiger partial charge in [0, 0.05) is 19.2 Å². The van der Waals surface area contributed by atoms with Gasteiger partial charge in [0.05, 0.1) is 35.3 Å². The van der Waals surface area contributed by atoms with Gasteiger partial charge < -0.3 is 9.64 Å². The molecule has 0 bridgehead atoms. The highest BCUT2D eigenvalue weighted by atomic mass is 19.4. The van der Waals surface area contributed by atoms with Gasteiger partial charge in [-0.05, 0) is 38.1 Å². The number of ether oxygens (including phenoxy) is 1. The lowest BCUT2D eigenvalue weighted by molar-refractivity contribution is -0.137. The topological polar surface area (TPSA) is 64.4 Å². The highest BCUT2D eigenvalue weighted by Gasteiger charge is 2.32. The van der Waals surface area contributed by atoms with Gasteiger partial charge in [0.25, 0.3) is 11.7 Å². The fourth-order valence-electron chi connectivity index (χ4n) is 3.48. The maximum atomic E-state index is 13.1. The second kappa shape index (κ2) is 8.86. The molecule has 1 heterocycles. The fraction of sp³-hybridized carbons (Fsp3) is 0.261. The predicted octanol–water partition coefficient (Wildman–Crippen LogP) is 4.36. The second-order valence-electron chi connectivity index (χ2n) is 7.31. The number of Topliss-reactive ketones (excluding diaryl/α,β-unsaturated/α-hetero) is 1. The third-order valence-corrected chi connectivity index (χ3v) is 5.08. The average Bonchev–Trinajstić information content (AvgIpc) is 3.06. The summed E-state index contributed by atoms with van der Waals surface area (Å²) in [7, 11) is 3.01. The molecule has 0 spiro atoms. The number of carbonyl (C=O) groups is 2. The number of aromatic nitrogens is 2. The van der Waals surface area contributed by atoms with Crippen LogP contribution < -0.4 is 4.74 Å². The first-order chi connectivity index (χ1) is 15.0. The normalized spacial score (nSPS) is 11.3. The van der Waals surface area contributed by atoms with Crippen LogP contribution in [0.4, 0.5) is 13.2 Å². The minimum absolute atomic E-state index is 0.0688. The van der Waals surface area contributed by atoms with Crippen LogP contribution in [0.3, 0.4) is 0 Å². The van der Waals surface area contributed by atoms with Crippen molar-refractivity contribution in [2.24, 2.45) is 0 Å². The Labute approximate surface area is 183 Å². The summed E-state index contributed by atoms with van der Waals surface area (Å²) in [5.74, 6) is -0.953. The zero-order valence-corrected chi connectivity index (χ0v) is 18.0. The van der Waals surface area contributed by atoms with Crippen molar-refractivity contribution in [3.05, 3.63) is 76.6 Å². The molecule has 0 fully saturated rings. The molecule has 3 rings (SSSR count).